The van der Waals surface area contributed by atoms with Gasteiger partial charge in [-0.05, 0) is 19.1 Å². The second-order valence-corrected chi connectivity index (χ2v) is 4.97. The summed E-state index contributed by atoms with van der Waals surface area (Å²) in [4.78, 5) is 13.8. The Balaban J connectivity index is 0.000000286. The number of nitrogens with two attached hydrogens (primary N) is 1. The van der Waals surface area contributed by atoms with Crippen LogP contribution in [0, 0.1) is 6.92 Å². The lowest BCUT2D eigenvalue weighted by molar-refractivity contribution is 0.483. The van der Waals surface area contributed by atoms with Crippen LogP contribution < -0.4 is 11.3 Å². The molecule has 1 aromatic carbocycles. The molecule has 0 saturated carbocycles. The number of aromatic nitrogens is 1. The predicted molar refractivity (Wildman–Crippen MR) is 85.2 cm³/mol. The Hall–Kier alpha value is -1.97. The zero-order valence-corrected chi connectivity index (χ0v) is 12.5. The summed E-state index contributed by atoms with van der Waals surface area (Å²) in [6.45, 7) is 6.37. The van der Waals surface area contributed by atoms with Gasteiger partial charge in [0.25, 0.3) is 5.56 Å². The SMILES string of the molecule is CCCCCC.Cc1ccc2[nH]c(=O)c(N)c(O)c2c1. The zero-order valence-electron chi connectivity index (χ0n) is 12.5. The second-order valence-electron chi connectivity index (χ2n) is 4.97. The number of aryl methyl sites for hydroxylation is 1. The van der Waals surface area contributed by atoms with Crippen LogP contribution in [0.5, 0.6) is 5.75 Å². The first-order valence-corrected chi connectivity index (χ1v) is 7.12. The van der Waals surface area contributed by atoms with Crippen molar-refractivity contribution in [1.29, 1.82) is 0 Å². The molecule has 0 aliphatic carbocycles. The molecule has 2 rings (SSSR count). The van der Waals surface area contributed by atoms with E-state index in [1.807, 2.05) is 13.0 Å². The van der Waals surface area contributed by atoms with Crippen LogP contribution in [0.25, 0.3) is 10.9 Å². The maximum atomic E-state index is 11.2. The Bertz CT molecular complexity index is 614. The van der Waals surface area contributed by atoms with Gasteiger partial charge in [-0.1, -0.05) is 51.2 Å². The molecule has 0 bridgehead atoms. The van der Waals surface area contributed by atoms with Crippen LogP contribution >= 0.6 is 0 Å². The first-order valence-electron chi connectivity index (χ1n) is 7.12. The van der Waals surface area contributed by atoms with Crippen LogP contribution in [0.2, 0.25) is 0 Å². The molecule has 2 aromatic rings. The number of rotatable bonds is 3. The summed E-state index contributed by atoms with van der Waals surface area (Å²) >= 11 is 0. The molecular formula is C16H24N2O2. The molecule has 0 unspecified atom stereocenters. The van der Waals surface area contributed by atoms with E-state index in [4.69, 9.17) is 5.73 Å². The number of unbranched alkanes of at least 4 members (excludes halogenated alkanes) is 3. The fourth-order valence-corrected chi connectivity index (χ4v) is 1.91. The molecule has 0 fully saturated rings. The minimum Gasteiger partial charge on any atom is -0.505 e. The lowest BCUT2D eigenvalue weighted by atomic mass is 10.1. The minimum atomic E-state index is -0.459. The van der Waals surface area contributed by atoms with E-state index >= 15 is 0 Å². The Morgan fingerprint density at radius 3 is 2.35 bits per heavy atom. The van der Waals surface area contributed by atoms with Crippen LogP contribution in [-0.2, 0) is 0 Å². The van der Waals surface area contributed by atoms with Crippen molar-refractivity contribution in [3.8, 4) is 5.75 Å². The van der Waals surface area contributed by atoms with Gasteiger partial charge in [0.1, 0.15) is 5.69 Å². The quantitative estimate of drug-likeness (QED) is 0.748. The van der Waals surface area contributed by atoms with Gasteiger partial charge in [0.15, 0.2) is 5.75 Å². The lowest BCUT2D eigenvalue weighted by Gasteiger charge is -2.04. The van der Waals surface area contributed by atoms with E-state index in [1.165, 1.54) is 25.7 Å². The number of pyridine rings is 1. The first-order chi connectivity index (χ1) is 9.51. The van der Waals surface area contributed by atoms with Gasteiger partial charge in [0.05, 0.1) is 5.52 Å². The number of H-pyrrole nitrogens is 1. The number of aromatic amines is 1. The van der Waals surface area contributed by atoms with Gasteiger partial charge in [-0.2, -0.15) is 0 Å². The minimum absolute atomic E-state index is 0.136. The summed E-state index contributed by atoms with van der Waals surface area (Å²) in [5.41, 5.74) is 6.40. The largest absolute Gasteiger partial charge is 0.505 e. The highest BCUT2D eigenvalue weighted by molar-refractivity contribution is 5.89. The highest BCUT2D eigenvalue weighted by atomic mass is 16.3. The summed E-state index contributed by atoms with van der Waals surface area (Å²) < 4.78 is 0. The Labute approximate surface area is 119 Å². The molecule has 4 heteroatoms. The molecule has 0 radical (unpaired) electrons. The monoisotopic (exact) mass is 276 g/mol. The normalized spacial score (nSPS) is 10.2. The van der Waals surface area contributed by atoms with Gasteiger partial charge in [-0.15, -0.1) is 0 Å². The standard InChI is InChI=1S/C10H10N2O2.C6H14/c1-5-2-3-7-6(4-5)9(13)8(11)10(14)12-7;1-3-5-6-4-2/h2-4H,11H2,1H3,(H2,12,13,14);3-6H2,1-2H3. The van der Waals surface area contributed by atoms with Crippen molar-refractivity contribution in [3.05, 3.63) is 34.1 Å². The van der Waals surface area contributed by atoms with Crippen molar-refractivity contribution in [2.24, 2.45) is 0 Å². The van der Waals surface area contributed by atoms with Crippen molar-refractivity contribution >= 4 is 16.6 Å². The molecule has 4 N–H and O–H groups in total. The molecule has 0 spiro atoms. The number of fused-ring (bicyclic) bond motifs is 1. The predicted octanol–water partition coefficient (Wildman–Crippen LogP) is 3.71. The van der Waals surface area contributed by atoms with Crippen molar-refractivity contribution in [3.63, 3.8) is 0 Å². The number of aromatic hydroxyl groups is 1. The van der Waals surface area contributed by atoms with Crippen LogP contribution in [0.3, 0.4) is 0 Å². The van der Waals surface area contributed by atoms with Gasteiger partial charge < -0.3 is 15.8 Å². The molecule has 20 heavy (non-hydrogen) atoms. The fourth-order valence-electron chi connectivity index (χ4n) is 1.91. The number of hydrogen-bond acceptors (Lipinski definition) is 3. The summed E-state index contributed by atoms with van der Waals surface area (Å²) in [6.07, 6.45) is 5.54. The molecule has 0 aliphatic rings. The van der Waals surface area contributed by atoms with E-state index in [9.17, 15) is 9.90 Å². The van der Waals surface area contributed by atoms with E-state index in [1.54, 1.807) is 12.1 Å². The van der Waals surface area contributed by atoms with E-state index in [0.717, 1.165) is 5.56 Å². The fraction of sp³-hybridized carbons (Fsp3) is 0.438. The van der Waals surface area contributed by atoms with Crippen LogP contribution in [0.15, 0.2) is 23.0 Å². The third kappa shape index (κ3) is 4.02. The van der Waals surface area contributed by atoms with Gasteiger partial charge in [-0.25, -0.2) is 0 Å². The van der Waals surface area contributed by atoms with Gasteiger partial charge >= 0.3 is 0 Å². The maximum absolute atomic E-state index is 11.2. The highest BCUT2D eigenvalue weighted by Gasteiger charge is 2.07. The molecular weight excluding hydrogens is 252 g/mol. The number of nitrogens with one attached hydrogen (secondary N) is 1. The lowest BCUT2D eigenvalue weighted by Crippen LogP contribution is -2.11. The molecule has 1 aromatic heterocycles. The number of anilines is 1. The molecule has 0 amide bonds. The highest BCUT2D eigenvalue weighted by Crippen LogP contribution is 2.26. The molecule has 0 saturated heterocycles. The average molecular weight is 276 g/mol. The first kappa shape index (κ1) is 16.1. The summed E-state index contributed by atoms with van der Waals surface area (Å²) in [5.74, 6) is -0.146. The van der Waals surface area contributed by atoms with E-state index in [0.29, 0.717) is 10.9 Å². The van der Waals surface area contributed by atoms with E-state index < -0.39 is 5.56 Å². The van der Waals surface area contributed by atoms with Gasteiger partial charge in [0.2, 0.25) is 0 Å². The molecule has 4 nitrogen and oxygen atoms in total. The third-order valence-corrected chi connectivity index (χ3v) is 3.14. The van der Waals surface area contributed by atoms with Crippen molar-refractivity contribution in [2.45, 2.75) is 46.5 Å². The summed E-state index contributed by atoms with van der Waals surface area (Å²) in [6, 6.07) is 5.37. The number of nitrogen functional groups attached to an aromatic ring is 1. The molecule has 110 valence electrons. The van der Waals surface area contributed by atoms with Gasteiger partial charge in [-0.3, -0.25) is 4.79 Å². The van der Waals surface area contributed by atoms with Crippen molar-refractivity contribution in [2.75, 3.05) is 5.73 Å². The van der Waals surface area contributed by atoms with Crippen LogP contribution in [0.4, 0.5) is 5.69 Å². The molecule has 1 heterocycles. The van der Waals surface area contributed by atoms with Gasteiger partial charge in [0, 0.05) is 5.39 Å². The van der Waals surface area contributed by atoms with E-state index in [2.05, 4.69) is 18.8 Å². The Morgan fingerprint density at radius 2 is 1.80 bits per heavy atom. The third-order valence-electron chi connectivity index (χ3n) is 3.14. The zero-order chi connectivity index (χ0) is 15.1. The van der Waals surface area contributed by atoms with Crippen LogP contribution in [0.1, 0.15) is 45.1 Å². The number of benzene rings is 1. The topological polar surface area (TPSA) is 79.1 Å². The number of hydrogen-bond donors (Lipinski definition) is 3. The van der Waals surface area contributed by atoms with Crippen LogP contribution in [-0.4, -0.2) is 10.1 Å². The van der Waals surface area contributed by atoms with Crippen molar-refractivity contribution in [1.82, 2.24) is 4.98 Å². The van der Waals surface area contributed by atoms with E-state index in [-0.39, 0.29) is 11.4 Å². The summed E-state index contributed by atoms with van der Waals surface area (Å²) in [5, 5.41) is 10.2. The Kier molecular flexibility index (Phi) is 6.10. The van der Waals surface area contributed by atoms with Crippen molar-refractivity contribution < 1.29 is 5.11 Å². The maximum Gasteiger partial charge on any atom is 0.275 e. The molecule has 0 aliphatic heterocycles. The smallest absolute Gasteiger partial charge is 0.275 e. The second kappa shape index (κ2) is 7.58. The molecule has 0 atom stereocenters. The Morgan fingerprint density at radius 1 is 1.20 bits per heavy atom. The average Bonchev–Trinajstić information content (AvgIpc) is 2.44. The summed E-state index contributed by atoms with van der Waals surface area (Å²) in [7, 11) is 0.